The van der Waals surface area contributed by atoms with Crippen molar-refractivity contribution in [2.45, 2.75) is 24.8 Å². The van der Waals surface area contributed by atoms with Crippen LogP contribution in [0, 0.1) is 0 Å². The number of hydrogen-bond acceptors (Lipinski definition) is 2. The largest absolute Gasteiger partial charge is 0.496 e. The van der Waals surface area contributed by atoms with Crippen LogP contribution in [0.5, 0.6) is 5.75 Å². The zero-order valence-corrected chi connectivity index (χ0v) is 8.97. The Kier molecular flexibility index (Phi) is 2.41. The van der Waals surface area contributed by atoms with Gasteiger partial charge >= 0.3 is 0 Å². The third kappa shape index (κ3) is 1.49. The molecular weight excluding hydrogens is 198 g/mol. The van der Waals surface area contributed by atoms with Crippen LogP contribution in [0.1, 0.15) is 24.8 Å². The highest BCUT2D eigenvalue weighted by atomic mass is 35.5. The Bertz CT molecular complexity index is 347. The second-order valence-corrected chi connectivity index (χ2v) is 4.29. The normalized spacial score (nSPS) is 18.8. The predicted octanol–water partition coefficient (Wildman–Crippen LogP) is 2.69. The molecule has 0 aromatic heterocycles. The first-order chi connectivity index (χ1) is 6.65. The van der Waals surface area contributed by atoms with Gasteiger partial charge in [0, 0.05) is 16.1 Å². The fourth-order valence-corrected chi connectivity index (χ4v) is 2.07. The average molecular weight is 212 g/mol. The molecule has 1 aromatic carbocycles. The quantitative estimate of drug-likeness (QED) is 0.817. The first-order valence-electron chi connectivity index (χ1n) is 4.79. The number of rotatable bonds is 2. The molecular formula is C11H14ClNO. The van der Waals surface area contributed by atoms with Crippen molar-refractivity contribution in [1.82, 2.24) is 0 Å². The minimum Gasteiger partial charge on any atom is -0.496 e. The van der Waals surface area contributed by atoms with Gasteiger partial charge in [-0.2, -0.15) is 0 Å². The van der Waals surface area contributed by atoms with Crippen LogP contribution in [-0.4, -0.2) is 7.11 Å². The number of methoxy groups -OCH3 is 1. The van der Waals surface area contributed by atoms with Gasteiger partial charge in [0.1, 0.15) is 5.75 Å². The van der Waals surface area contributed by atoms with Crippen molar-refractivity contribution in [3.05, 3.63) is 28.8 Å². The van der Waals surface area contributed by atoms with Gasteiger partial charge in [-0.3, -0.25) is 0 Å². The van der Waals surface area contributed by atoms with Crippen molar-refractivity contribution in [2.24, 2.45) is 5.73 Å². The van der Waals surface area contributed by atoms with Crippen molar-refractivity contribution in [3.63, 3.8) is 0 Å². The minimum atomic E-state index is -0.212. The van der Waals surface area contributed by atoms with Crippen molar-refractivity contribution >= 4 is 11.6 Å². The second kappa shape index (κ2) is 3.44. The van der Waals surface area contributed by atoms with Crippen molar-refractivity contribution in [1.29, 1.82) is 0 Å². The zero-order chi connectivity index (χ0) is 10.2. The molecule has 14 heavy (non-hydrogen) atoms. The molecule has 1 fully saturated rings. The Morgan fingerprint density at radius 1 is 1.43 bits per heavy atom. The van der Waals surface area contributed by atoms with Gasteiger partial charge in [-0.15, -0.1) is 0 Å². The number of halogens is 1. The molecule has 2 rings (SSSR count). The standard InChI is InChI=1S/C11H14ClNO/c1-14-10-4-3-8(12)7-9(10)11(13)5-2-6-11/h3-4,7H,2,5-6,13H2,1H3. The summed E-state index contributed by atoms with van der Waals surface area (Å²) in [6.07, 6.45) is 3.22. The predicted molar refractivity (Wildman–Crippen MR) is 57.7 cm³/mol. The summed E-state index contributed by atoms with van der Waals surface area (Å²) in [5, 5.41) is 0.720. The fraction of sp³-hybridized carbons (Fsp3) is 0.455. The summed E-state index contributed by atoms with van der Waals surface area (Å²) >= 11 is 5.95. The molecule has 0 bridgehead atoms. The van der Waals surface area contributed by atoms with Crippen LogP contribution in [0.2, 0.25) is 5.02 Å². The molecule has 2 nitrogen and oxygen atoms in total. The lowest BCUT2D eigenvalue weighted by molar-refractivity contribution is 0.244. The van der Waals surface area contributed by atoms with Crippen LogP contribution in [0.25, 0.3) is 0 Å². The lowest BCUT2D eigenvalue weighted by Crippen LogP contribution is -2.43. The summed E-state index contributed by atoms with van der Waals surface area (Å²) in [5.74, 6) is 0.844. The number of hydrogen-bond donors (Lipinski definition) is 1. The summed E-state index contributed by atoms with van der Waals surface area (Å²) < 4.78 is 5.28. The highest BCUT2D eigenvalue weighted by Gasteiger charge is 2.36. The Hall–Kier alpha value is -0.730. The molecule has 0 amide bonds. The highest BCUT2D eigenvalue weighted by molar-refractivity contribution is 6.30. The molecule has 1 saturated carbocycles. The number of ether oxygens (including phenoxy) is 1. The van der Waals surface area contributed by atoms with E-state index < -0.39 is 0 Å². The van der Waals surface area contributed by atoms with Crippen molar-refractivity contribution in [2.75, 3.05) is 7.11 Å². The lowest BCUT2D eigenvalue weighted by Gasteiger charge is -2.39. The van der Waals surface area contributed by atoms with E-state index in [0.29, 0.717) is 0 Å². The Morgan fingerprint density at radius 3 is 2.64 bits per heavy atom. The van der Waals surface area contributed by atoms with Crippen molar-refractivity contribution < 1.29 is 4.74 Å². The van der Waals surface area contributed by atoms with E-state index in [4.69, 9.17) is 22.1 Å². The molecule has 1 aromatic rings. The molecule has 0 atom stereocenters. The monoisotopic (exact) mass is 211 g/mol. The maximum absolute atomic E-state index is 6.23. The van der Waals surface area contributed by atoms with Gasteiger partial charge in [0.2, 0.25) is 0 Å². The molecule has 1 aliphatic rings. The second-order valence-electron chi connectivity index (χ2n) is 3.85. The SMILES string of the molecule is COc1ccc(Cl)cc1C1(N)CCC1. The third-order valence-electron chi connectivity index (χ3n) is 2.94. The average Bonchev–Trinajstić information content (AvgIpc) is 2.14. The molecule has 0 spiro atoms. The summed E-state index contributed by atoms with van der Waals surface area (Å²) in [4.78, 5) is 0. The van der Waals surface area contributed by atoms with Crippen LogP contribution in [0.15, 0.2) is 18.2 Å². The molecule has 1 aliphatic carbocycles. The zero-order valence-electron chi connectivity index (χ0n) is 8.22. The summed E-state index contributed by atoms with van der Waals surface area (Å²) in [5.41, 5.74) is 7.06. The molecule has 2 N–H and O–H groups in total. The molecule has 0 saturated heterocycles. The number of nitrogens with two attached hydrogens (primary N) is 1. The molecule has 0 heterocycles. The summed E-state index contributed by atoms with van der Waals surface area (Å²) in [7, 11) is 1.66. The van der Waals surface area contributed by atoms with E-state index in [-0.39, 0.29) is 5.54 Å². The van der Waals surface area contributed by atoms with Crippen molar-refractivity contribution in [3.8, 4) is 5.75 Å². The van der Waals surface area contributed by atoms with Gasteiger partial charge in [0.15, 0.2) is 0 Å². The van der Waals surface area contributed by atoms with Gasteiger partial charge < -0.3 is 10.5 Å². The third-order valence-corrected chi connectivity index (χ3v) is 3.18. The van der Waals surface area contributed by atoms with Crippen LogP contribution < -0.4 is 10.5 Å². The molecule has 3 heteroatoms. The van der Waals surface area contributed by atoms with E-state index in [0.717, 1.165) is 29.2 Å². The van der Waals surface area contributed by atoms with Gasteiger partial charge in [-0.1, -0.05) is 11.6 Å². The first kappa shape index (κ1) is 9.81. The summed E-state index contributed by atoms with van der Waals surface area (Å²) in [6, 6.07) is 5.62. The van der Waals surface area contributed by atoms with E-state index in [9.17, 15) is 0 Å². The smallest absolute Gasteiger partial charge is 0.124 e. The first-order valence-corrected chi connectivity index (χ1v) is 5.16. The Balaban J connectivity index is 2.43. The molecule has 0 unspecified atom stereocenters. The van der Waals surface area contributed by atoms with Crippen LogP contribution in [0.3, 0.4) is 0 Å². The highest BCUT2D eigenvalue weighted by Crippen LogP contribution is 2.43. The van der Waals surface area contributed by atoms with Gasteiger partial charge in [-0.25, -0.2) is 0 Å². The topological polar surface area (TPSA) is 35.2 Å². The number of benzene rings is 1. The summed E-state index contributed by atoms with van der Waals surface area (Å²) in [6.45, 7) is 0. The maximum Gasteiger partial charge on any atom is 0.124 e. The van der Waals surface area contributed by atoms with E-state index >= 15 is 0 Å². The molecule has 76 valence electrons. The van der Waals surface area contributed by atoms with Crippen LogP contribution in [0.4, 0.5) is 0 Å². The minimum absolute atomic E-state index is 0.212. The van der Waals surface area contributed by atoms with E-state index in [1.165, 1.54) is 6.42 Å². The Morgan fingerprint density at radius 2 is 2.14 bits per heavy atom. The van der Waals surface area contributed by atoms with Gasteiger partial charge in [-0.05, 0) is 37.5 Å². The van der Waals surface area contributed by atoms with Crippen LogP contribution in [-0.2, 0) is 5.54 Å². The van der Waals surface area contributed by atoms with Gasteiger partial charge in [0.05, 0.1) is 7.11 Å². The van der Waals surface area contributed by atoms with E-state index in [1.807, 2.05) is 18.2 Å². The van der Waals surface area contributed by atoms with Crippen LogP contribution >= 0.6 is 11.6 Å². The fourth-order valence-electron chi connectivity index (χ4n) is 1.90. The van der Waals surface area contributed by atoms with E-state index in [1.54, 1.807) is 7.11 Å². The molecule has 0 radical (unpaired) electrons. The van der Waals surface area contributed by atoms with Gasteiger partial charge in [0.25, 0.3) is 0 Å². The maximum atomic E-state index is 6.23. The van der Waals surface area contributed by atoms with E-state index in [2.05, 4.69) is 0 Å². The Labute approximate surface area is 89.0 Å². The lowest BCUT2D eigenvalue weighted by atomic mass is 9.72. The molecule has 0 aliphatic heterocycles.